The van der Waals surface area contributed by atoms with Gasteiger partial charge in [-0.25, -0.2) is 4.79 Å². The minimum absolute atomic E-state index is 0.256. The molecule has 10 heteroatoms. The largest absolute Gasteiger partial charge is 0.462 e. The third-order valence-corrected chi connectivity index (χ3v) is 5.17. The summed E-state index contributed by atoms with van der Waals surface area (Å²) in [6.45, 7) is 2.81. The van der Waals surface area contributed by atoms with Crippen LogP contribution in [-0.2, 0) is 19.1 Å². The van der Waals surface area contributed by atoms with E-state index in [-0.39, 0.29) is 13.2 Å². The van der Waals surface area contributed by atoms with Crippen molar-refractivity contribution in [2.45, 2.75) is 13.8 Å². The van der Waals surface area contributed by atoms with Gasteiger partial charge in [0.05, 0.1) is 11.6 Å². The van der Waals surface area contributed by atoms with Gasteiger partial charge in [-0.05, 0) is 49.7 Å². The zero-order valence-corrected chi connectivity index (χ0v) is 18.1. The second kappa shape index (κ2) is 10.7. The third kappa shape index (κ3) is 6.99. The number of carbonyl (C=O) groups excluding carboxylic acids is 4. The molecule has 0 aliphatic rings. The summed E-state index contributed by atoms with van der Waals surface area (Å²) in [5, 5.41) is 5.41. The summed E-state index contributed by atoms with van der Waals surface area (Å²) in [5.74, 6) is -2.20. The van der Waals surface area contributed by atoms with Crippen molar-refractivity contribution in [3.8, 4) is 0 Å². The molecule has 1 aromatic carbocycles. The van der Waals surface area contributed by atoms with E-state index in [1.54, 1.807) is 44.2 Å². The molecule has 0 radical (unpaired) electrons. The van der Waals surface area contributed by atoms with Crippen molar-refractivity contribution in [3.63, 3.8) is 0 Å². The predicted octanol–water partition coefficient (Wildman–Crippen LogP) is 2.91. The number of halogens is 1. The first-order valence-electron chi connectivity index (χ1n) is 8.57. The molecule has 2 rings (SSSR count). The summed E-state index contributed by atoms with van der Waals surface area (Å²) in [7, 11) is 0. The van der Waals surface area contributed by atoms with Gasteiger partial charge < -0.3 is 20.1 Å². The van der Waals surface area contributed by atoms with E-state index in [2.05, 4.69) is 26.6 Å². The number of esters is 2. The van der Waals surface area contributed by atoms with E-state index < -0.39 is 30.4 Å². The Morgan fingerprint density at radius 2 is 1.79 bits per heavy atom. The highest BCUT2D eigenvalue weighted by atomic mass is 79.9. The quantitative estimate of drug-likeness (QED) is 0.559. The number of anilines is 1. The summed E-state index contributed by atoms with van der Waals surface area (Å²) in [6.07, 6.45) is 0. The lowest BCUT2D eigenvalue weighted by molar-refractivity contribution is -0.146. The smallest absolute Gasteiger partial charge is 0.348 e. The van der Waals surface area contributed by atoms with Gasteiger partial charge in [-0.2, -0.15) is 0 Å². The Morgan fingerprint density at radius 1 is 1.10 bits per heavy atom. The number of hydrogen-bond donors (Lipinski definition) is 2. The van der Waals surface area contributed by atoms with Gasteiger partial charge in [-0.1, -0.05) is 15.9 Å². The highest BCUT2D eigenvalue weighted by molar-refractivity contribution is 9.10. The lowest BCUT2D eigenvalue weighted by Gasteiger charge is -2.07. The molecule has 0 aliphatic heterocycles. The summed E-state index contributed by atoms with van der Waals surface area (Å²) in [4.78, 5) is 47.8. The van der Waals surface area contributed by atoms with E-state index in [0.29, 0.717) is 21.0 Å². The number of ether oxygens (including phenoxy) is 2. The van der Waals surface area contributed by atoms with Crippen LogP contribution < -0.4 is 10.6 Å². The molecule has 2 aromatic rings. The Hall–Kier alpha value is -2.72. The molecule has 0 spiro atoms. The van der Waals surface area contributed by atoms with Crippen LogP contribution >= 0.6 is 27.3 Å². The first kappa shape index (κ1) is 22.6. The third-order valence-electron chi connectivity index (χ3n) is 3.51. The molecule has 29 heavy (non-hydrogen) atoms. The van der Waals surface area contributed by atoms with Crippen LogP contribution in [0.15, 0.2) is 34.8 Å². The van der Waals surface area contributed by atoms with Crippen molar-refractivity contribution in [1.29, 1.82) is 0 Å². The van der Waals surface area contributed by atoms with Crippen molar-refractivity contribution < 1.29 is 28.7 Å². The SMILES string of the molecule is CCOC(=O)c1sc(NC(=O)COC(=O)CNC(=O)c2ccc(Br)cc2)cc1C. The molecule has 0 saturated carbocycles. The fourth-order valence-electron chi connectivity index (χ4n) is 2.17. The molecule has 2 amide bonds. The summed E-state index contributed by atoms with van der Waals surface area (Å²) in [5.41, 5.74) is 1.07. The summed E-state index contributed by atoms with van der Waals surface area (Å²) in [6, 6.07) is 8.25. The zero-order valence-electron chi connectivity index (χ0n) is 15.7. The average molecular weight is 483 g/mol. The van der Waals surface area contributed by atoms with Gasteiger partial charge in [0.15, 0.2) is 6.61 Å². The first-order chi connectivity index (χ1) is 13.8. The highest BCUT2D eigenvalue weighted by Crippen LogP contribution is 2.27. The van der Waals surface area contributed by atoms with E-state index in [0.717, 1.165) is 15.8 Å². The molecule has 154 valence electrons. The van der Waals surface area contributed by atoms with Crippen LogP contribution in [0.4, 0.5) is 5.00 Å². The number of nitrogens with one attached hydrogen (secondary N) is 2. The van der Waals surface area contributed by atoms with Crippen molar-refractivity contribution in [1.82, 2.24) is 5.32 Å². The summed E-state index contributed by atoms with van der Waals surface area (Å²) >= 11 is 4.34. The minimum Gasteiger partial charge on any atom is -0.462 e. The Labute approximate surface area is 179 Å². The Balaban J connectivity index is 1.76. The maximum absolute atomic E-state index is 11.9. The number of benzene rings is 1. The van der Waals surface area contributed by atoms with Crippen molar-refractivity contribution >= 4 is 56.0 Å². The van der Waals surface area contributed by atoms with Gasteiger partial charge in [-0.15, -0.1) is 11.3 Å². The number of hydrogen-bond acceptors (Lipinski definition) is 7. The van der Waals surface area contributed by atoms with Crippen LogP contribution in [0.1, 0.15) is 32.5 Å². The molecule has 1 heterocycles. The molecule has 0 unspecified atom stereocenters. The Bertz CT molecular complexity index is 910. The minimum atomic E-state index is -0.750. The zero-order chi connectivity index (χ0) is 21.4. The van der Waals surface area contributed by atoms with Crippen molar-refractivity contribution in [3.05, 3.63) is 50.8 Å². The second-order valence-corrected chi connectivity index (χ2v) is 7.71. The standard InChI is InChI=1S/C19H19BrN2O6S/c1-3-27-19(26)17-11(2)8-15(29-17)22-14(23)10-28-16(24)9-21-18(25)12-4-6-13(20)7-5-12/h4-8H,3,9-10H2,1-2H3,(H,21,25)(H,22,23). The van der Waals surface area contributed by atoms with E-state index in [1.807, 2.05) is 0 Å². The lowest BCUT2D eigenvalue weighted by Crippen LogP contribution is -2.32. The number of carbonyl (C=O) groups is 4. The number of aryl methyl sites for hydroxylation is 1. The Kier molecular flexibility index (Phi) is 8.34. The van der Waals surface area contributed by atoms with Crippen LogP contribution in [0.25, 0.3) is 0 Å². The molecule has 0 saturated heterocycles. The van der Waals surface area contributed by atoms with Gasteiger partial charge in [0, 0.05) is 10.0 Å². The van der Waals surface area contributed by atoms with Crippen LogP contribution in [-0.4, -0.2) is 43.5 Å². The normalized spacial score (nSPS) is 10.2. The molecule has 0 atom stereocenters. The number of thiophene rings is 1. The van der Waals surface area contributed by atoms with Gasteiger partial charge in [0.2, 0.25) is 0 Å². The first-order valence-corrected chi connectivity index (χ1v) is 10.2. The number of rotatable bonds is 8. The van der Waals surface area contributed by atoms with Gasteiger partial charge >= 0.3 is 11.9 Å². The van der Waals surface area contributed by atoms with Crippen LogP contribution in [0.3, 0.4) is 0 Å². The number of amides is 2. The molecule has 8 nitrogen and oxygen atoms in total. The maximum Gasteiger partial charge on any atom is 0.348 e. The van der Waals surface area contributed by atoms with E-state index in [9.17, 15) is 19.2 Å². The topological polar surface area (TPSA) is 111 Å². The highest BCUT2D eigenvalue weighted by Gasteiger charge is 2.16. The average Bonchev–Trinajstić information content (AvgIpc) is 3.05. The van der Waals surface area contributed by atoms with Crippen molar-refractivity contribution in [2.24, 2.45) is 0 Å². The van der Waals surface area contributed by atoms with Gasteiger partial charge in [0.25, 0.3) is 11.8 Å². The molecule has 0 fully saturated rings. The van der Waals surface area contributed by atoms with E-state index >= 15 is 0 Å². The Morgan fingerprint density at radius 3 is 2.45 bits per heavy atom. The van der Waals surface area contributed by atoms with Crippen molar-refractivity contribution in [2.75, 3.05) is 25.1 Å². The molecular weight excluding hydrogens is 464 g/mol. The van der Waals surface area contributed by atoms with E-state index in [4.69, 9.17) is 9.47 Å². The monoisotopic (exact) mass is 482 g/mol. The second-order valence-electron chi connectivity index (χ2n) is 5.74. The summed E-state index contributed by atoms with van der Waals surface area (Å²) < 4.78 is 10.6. The van der Waals surface area contributed by atoms with Gasteiger partial charge in [-0.3, -0.25) is 14.4 Å². The lowest BCUT2D eigenvalue weighted by atomic mass is 10.2. The molecule has 1 aromatic heterocycles. The van der Waals surface area contributed by atoms with E-state index in [1.165, 1.54) is 0 Å². The fourth-order valence-corrected chi connectivity index (χ4v) is 3.42. The van der Waals surface area contributed by atoms with Crippen LogP contribution in [0.2, 0.25) is 0 Å². The predicted molar refractivity (Wildman–Crippen MR) is 111 cm³/mol. The van der Waals surface area contributed by atoms with Crippen LogP contribution in [0.5, 0.6) is 0 Å². The maximum atomic E-state index is 11.9. The van der Waals surface area contributed by atoms with Gasteiger partial charge in [0.1, 0.15) is 11.4 Å². The molecule has 0 bridgehead atoms. The molecular formula is C19H19BrN2O6S. The molecule has 2 N–H and O–H groups in total. The molecule has 0 aliphatic carbocycles. The van der Waals surface area contributed by atoms with Crippen LogP contribution in [0, 0.1) is 6.92 Å². The fraction of sp³-hybridized carbons (Fsp3) is 0.263.